The Balaban J connectivity index is 1.41. The van der Waals surface area contributed by atoms with Crippen molar-refractivity contribution in [2.24, 2.45) is 0 Å². The van der Waals surface area contributed by atoms with Crippen molar-refractivity contribution in [1.29, 1.82) is 0 Å². The molecular weight excluding hydrogens is 428 g/mol. The number of aromatic nitrogens is 3. The summed E-state index contributed by atoms with van der Waals surface area (Å²) in [6, 6.07) is 5.70. The molecular formula is C23H28N4O4S. The molecule has 2 aromatic heterocycles. The molecule has 4 rings (SSSR count). The van der Waals surface area contributed by atoms with Crippen LogP contribution in [0.4, 0.5) is 0 Å². The van der Waals surface area contributed by atoms with Crippen LogP contribution < -0.4 is 9.47 Å². The Kier molecular flexibility index (Phi) is 6.74. The van der Waals surface area contributed by atoms with Gasteiger partial charge in [-0.1, -0.05) is 19.0 Å². The molecule has 1 aliphatic rings. The number of carbonyl (C=O) groups excluding carboxylic acids is 1. The number of piperidine rings is 1. The fourth-order valence-corrected chi connectivity index (χ4v) is 4.64. The number of carbonyl (C=O) groups is 1. The van der Waals surface area contributed by atoms with E-state index in [1.807, 2.05) is 42.3 Å². The lowest BCUT2D eigenvalue weighted by Crippen LogP contribution is -2.40. The average Bonchev–Trinajstić information content (AvgIpc) is 3.49. The van der Waals surface area contributed by atoms with Crippen LogP contribution in [0.1, 0.15) is 55.9 Å². The van der Waals surface area contributed by atoms with E-state index in [1.165, 1.54) is 11.3 Å². The first-order valence-electron chi connectivity index (χ1n) is 10.8. The van der Waals surface area contributed by atoms with Crippen LogP contribution in [0.5, 0.6) is 11.5 Å². The third-order valence-electron chi connectivity index (χ3n) is 5.61. The van der Waals surface area contributed by atoms with Crippen LogP contribution in [0.15, 0.2) is 28.1 Å². The fraction of sp³-hybridized carbons (Fsp3) is 0.478. The maximum atomic E-state index is 13.0. The van der Waals surface area contributed by atoms with Gasteiger partial charge in [0.15, 0.2) is 17.3 Å². The Morgan fingerprint density at radius 3 is 2.78 bits per heavy atom. The molecule has 0 radical (unpaired) electrons. The lowest BCUT2D eigenvalue weighted by atomic mass is 9.97. The van der Waals surface area contributed by atoms with Crippen LogP contribution in [0, 0.1) is 0 Å². The summed E-state index contributed by atoms with van der Waals surface area (Å²) in [6.45, 7) is 5.41. The van der Waals surface area contributed by atoms with Crippen LogP contribution in [0.3, 0.4) is 0 Å². The van der Waals surface area contributed by atoms with Gasteiger partial charge in [-0.2, -0.15) is 4.98 Å². The minimum atomic E-state index is 0.0754. The predicted octanol–water partition coefficient (Wildman–Crippen LogP) is 4.28. The summed E-state index contributed by atoms with van der Waals surface area (Å²) < 4.78 is 16.0. The third-order valence-corrected chi connectivity index (χ3v) is 6.55. The second-order valence-electron chi connectivity index (χ2n) is 8.21. The maximum absolute atomic E-state index is 13.0. The number of hydrogen-bond donors (Lipinski definition) is 0. The molecule has 1 aromatic carbocycles. The molecule has 32 heavy (non-hydrogen) atoms. The zero-order valence-corrected chi connectivity index (χ0v) is 19.6. The molecule has 9 heteroatoms. The molecule has 0 saturated carbocycles. The highest BCUT2D eigenvalue weighted by Crippen LogP contribution is 2.34. The molecule has 1 saturated heterocycles. The van der Waals surface area contributed by atoms with E-state index in [2.05, 4.69) is 15.1 Å². The molecule has 1 aliphatic heterocycles. The van der Waals surface area contributed by atoms with Gasteiger partial charge in [-0.25, -0.2) is 4.98 Å². The standard InChI is InChI=1S/C23H28N4O4S/c1-14(2)22-25-21(26-31-22)16-6-5-9-27(12-16)20(28)11-17-13-32-23(24-17)15-7-8-18(29-3)19(10-15)30-4/h7-8,10,13-14,16H,5-6,9,11-12H2,1-4H3/t16-/m1/s1. The smallest absolute Gasteiger partial charge is 0.229 e. The number of amides is 1. The van der Waals surface area contributed by atoms with Crippen molar-refractivity contribution in [3.63, 3.8) is 0 Å². The van der Waals surface area contributed by atoms with E-state index in [-0.39, 0.29) is 24.2 Å². The largest absolute Gasteiger partial charge is 0.493 e. The molecule has 1 amide bonds. The molecule has 0 spiro atoms. The van der Waals surface area contributed by atoms with E-state index in [9.17, 15) is 4.79 Å². The van der Waals surface area contributed by atoms with E-state index in [0.29, 0.717) is 29.8 Å². The van der Waals surface area contributed by atoms with Crippen LogP contribution in [0.2, 0.25) is 0 Å². The van der Waals surface area contributed by atoms with Crippen LogP contribution >= 0.6 is 11.3 Å². The molecule has 0 bridgehead atoms. The predicted molar refractivity (Wildman–Crippen MR) is 121 cm³/mol. The highest BCUT2D eigenvalue weighted by Gasteiger charge is 2.28. The first-order chi connectivity index (χ1) is 15.5. The first kappa shape index (κ1) is 22.3. The van der Waals surface area contributed by atoms with Gasteiger partial charge in [-0.3, -0.25) is 4.79 Å². The summed E-state index contributed by atoms with van der Waals surface area (Å²) in [5.41, 5.74) is 1.70. The Morgan fingerprint density at radius 2 is 2.06 bits per heavy atom. The highest BCUT2D eigenvalue weighted by atomic mass is 32.1. The van der Waals surface area contributed by atoms with Crippen molar-refractivity contribution in [3.05, 3.63) is 41.0 Å². The van der Waals surface area contributed by atoms with Crippen LogP contribution in [-0.4, -0.2) is 53.2 Å². The van der Waals surface area contributed by atoms with Gasteiger partial charge in [-0.15, -0.1) is 11.3 Å². The van der Waals surface area contributed by atoms with Crippen molar-refractivity contribution >= 4 is 17.2 Å². The zero-order chi connectivity index (χ0) is 22.7. The Labute approximate surface area is 191 Å². The fourth-order valence-electron chi connectivity index (χ4n) is 3.82. The Hall–Kier alpha value is -2.94. The van der Waals surface area contributed by atoms with Gasteiger partial charge in [0.1, 0.15) is 5.01 Å². The lowest BCUT2D eigenvalue weighted by Gasteiger charge is -2.31. The number of ether oxygens (including phenoxy) is 2. The van der Waals surface area contributed by atoms with Crippen LogP contribution in [-0.2, 0) is 11.2 Å². The van der Waals surface area contributed by atoms with Gasteiger partial charge >= 0.3 is 0 Å². The topological polar surface area (TPSA) is 90.6 Å². The Morgan fingerprint density at radius 1 is 1.25 bits per heavy atom. The maximum Gasteiger partial charge on any atom is 0.229 e. The van der Waals surface area contributed by atoms with Crippen molar-refractivity contribution < 1.29 is 18.8 Å². The molecule has 1 fully saturated rings. The molecule has 8 nitrogen and oxygen atoms in total. The number of rotatable bonds is 7. The monoisotopic (exact) mass is 456 g/mol. The number of methoxy groups -OCH3 is 2. The number of hydrogen-bond acceptors (Lipinski definition) is 8. The molecule has 3 aromatic rings. The van der Waals surface area contributed by atoms with E-state index in [1.54, 1.807) is 14.2 Å². The second-order valence-corrected chi connectivity index (χ2v) is 9.07. The Bertz CT molecular complexity index is 1080. The van der Waals surface area contributed by atoms with Crippen molar-refractivity contribution in [2.45, 2.75) is 44.9 Å². The first-order valence-corrected chi connectivity index (χ1v) is 11.6. The van der Waals surface area contributed by atoms with E-state index in [4.69, 9.17) is 14.0 Å². The van der Waals surface area contributed by atoms with Gasteiger partial charge < -0.3 is 18.9 Å². The van der Waals surface area contributed by atoms with Gasteiger partial charge in [0.2, 0.25) is 11.8 Å². The van der Waals surface area contributed by atoms with Crippen molar-refractivity contribution in [1.82, 2.24) is 20.0 Å². The number of benzene rings is 1. The summed E-state index contributed by atoms with van der Waals surface area (Å²) in [4.78, 5) is 24.1. The van der Waals surface area contributed by atoms with Gasteiger partial charge in [0, 0.05) is 35.9 Å². The van der Waals surface area contributed by atoms with E-state index < -0.39 is 0 Å². The van der Waals surface area contributed by atoms with Gasteiger partial charge in [0.25, 0.3) is 0 Å². The number of thiazole rings is 1. The third kappa shape index (κ3) is 4.77. The van der Waals surface area contributed by atoms with E-state index >= 15 is 0 Å². The quantitative estimate of drug-likeness (QED) is 0.524. The van der Waals surface area contributed by atoms with E-state index in [0.717, 1.165) is 35.7 Å². The summed E-state index contributed by atoms with van der Waals surface area (Å²) in [5, 5.41) is 6.94. The molecule has 0 N–H and O–H groups in total. The second kappa shape index (κ2) is 9.68. The van der Waals surface area contributed by atoms with Crippen molar-refractivity contribution in [2.75, 3.05) is 27.3 Å². The summed E-state index contributed by atoms with van der Waals surface area (Å²) >= 11 is 1.52. The summed E-state index contributed by atoms with van der Waals surface area (Å²) in [7, 11) is 3.22. The molecule has 0 unspecified atom stereocenters. The molecule has 0 aliphatic carbocycles. The SMILES string of the molecule is COc1ccc(-c2nc(CC(=O)N3CCC[C@@H](c4noc(C(C)C)n4)C3)cs2)cc1OC. The molecule has 1 atom stereocenters. The normalized spacial score (nSPS) is 16.4. The highest BCUT2D eigenvalue weighted by molar-refractivity contribution is 7.13. The number of likely N-dealkylation sites (tertiary alicyclic amines) is 1. The zero-order valence-electron chi connectivity index (χ0n) is 18.8. The minimum absolute atomic E-state index is 0.0754. The molecule has 170 valence electrons. The molecule has 3 heterocycles. The summed E-state index contributed by atoms with van der Waals surface area (Å²) in [5.74, 6) is 3.06. The van der Waals surface area contributed by atoms with Crippen molar-refractivity contribution in [3.8, 4) is 22.1 Å². The van der Waals surface area contributed by atoms with Crippen LogP contribution in [0.25, 0.3) is 10.6 Å². The summed E-state index contributed by atoms with van der Waals surface area (Å²) in [6.07, 6.45) is 2.16. The average molecular weight is 457 g/mol. The number of nitrogens with zero attached hydrogens (tertiary/aromatic N) is 4. The van der Waals surface area contributed by atoms with Gasteiger partial charge in [0.05, 0.1) is 26.3 Å². The van der Waals surface area contributed by atoms with Gasteiger partial charge in [-0.05, 0) is 31.0 Å². The minimum Gasteiger partial charge on any atom is -0.493 e. The lowest BCUT2D eigenvalue weighted by molar-refractivity contribution is -0.131.